The molecule has 0 spiro atoms. The topological polar surface area (TPSA) is 50.8 Å². The Morgan fingerprint density at radius 1 is 1.19 bits per heavy atom. The van der Waals surface area contributed by atoms with Crippen molar-refractivity contribution in [3.63, 3.8) is 0 Å². The number of pyridine rings is 1. The zero-order valence-electron chi connectivity index (χ0n) is 16.7. The number of H-pyrrole nitrogens is 1. The number of hydrogen-bond donors (Lipinski definition) is 1. The van der Waals surface area contributed by atoms with Crippen molar-refractivity contribution in [1.82, 2.24) is 15.0 Å². The lowest BCUT2D eigenvalue weighted by Crippen LogP contribution is -2.10. The summed E-state index contributed by atoms with van der Waals surface area (Å²) < 4.78 is 57.6. The summed E-state index contributed by atoms with van der Waals surface area (Å²) in [5, 5.41) is 0.465. The molecule has 0 aliphatic heterocycles. The second kappa shape index (κ2) is 8.49. The lowest BCUT2D eigenvalue weighted by molar-refractivity contribution is -0.138. The molecule has 1 fully saturated rings. The number of methoxy groups -OCH3 is 1. The van der Waals surface area contributed by atoms with Gasteiger partial charge in [0.1, 0.15) is 28.2 Å². The summed E-state index contributed by atoms with van der Waals surface area (Å²) in [4.78, 5) is 11.5. The van der Waals surface area contributed by atoms with Crippen LogP contribution in [0.25, 0.3) is 11.3 Å². The quantitative estimate of drug-likeness (QED) is 0.443. The van der Waals surface area contributed by atoms with Crippen LogP contribution in [0.3, 0.4) is 0 Å². The monoisotopic (exact) mass is 453 g/mol. The molecule has 9 heteroatoms. The zero-order chi connectivity index (χ0) is 22.2. The van der Waals surface area contributed by atoms with Gasteiger partial charge in [0, 0.05) is 17.7 Å². The van der Waals surface area contributed by atoms with Gasteiger partial charge < -0.3 is 9.72 Å². The van der Waals surface area contributed by atoms with Gasteiger partial charge in [0.15, 0.2) is 0 Å². The highest BCUT2D eigenvalue weighted by molar-refractivity contribution is 6.31. The van der Waals surface area contributed by atoms with Crippen LogP contribution in [-0.2, 0) is 19.0 Å². The van der Waals surface area contributed by atoms with Crippen LogP contribution in [0.4, 0.5) is 17.6 Å². The average Bonchev–Trinajstić information content (AvgIpc) is 3.05. The van der Waals surface area contributed by atoms with E-state index in [0.717, 1.165) is 29.8 Å². The SMILES string of the molecule is COc1cc(-c2nc(C3CCC3)[nH]c2Cl)ccc1CCc1ncc(C(F)(F)F)cc1F. The summed E-state index contributed by atoms with van der Waals surface area (Å²) in [6, 6.07) is 5.95. The number of aryl methyl sites for hydroxylation is 2. The third-order valence-electron chi connectivity index (χ3n) is 5.61. The minimum atomic E-state index is -4.63. The molecular weight excluding hydrogens is 434 g/mol. The minimum Gasteiger partial charge on any atom is -0.496 e. The van der Waals surface area contributed by atoms with Crippen LogP contribution in [0.1, 0.15) is 47.8 Å². The van der Waals surface area contributed by atoms with E-state index in [9.17, 15) is 17.6 Å². The Kier molecular flexibility index (Phi) is 5.92. The van der Waals surface area contributed by atoms with Crippen LogP contribution < -0.4 is 4.74 Å². The van der Waals surface area contributed by atoms with Gasteiger partial charge in [0.25, 0.3) is 0 Å². The van der Waals surface area contributed by atoms with E-state index in [1.807, 2.05) is 12.1 Å². The standard InChI is InChI=1S/C22H20ClF4N3O/c1-31-18-9-14(19-20(23)30-21(29-19)13-3-2-4-13)6-5-12(18)7-8-17-16(24)10-15(11-28-17)22(25,26)27/h5-6,9-11,13H,2-4,7-8H2,1H3,(H,29,30). The van der Waals surface area contributed by atoms with Crippen LogP contribution >= 0.6 is 11.6 Å². The second-order valence-electron chi connectivity index (χ2n) is 7.59. The average molecular weight is 454 g/mol. The van der Waals surface area contributed by atoms with Crippen LogP contribution in [-0.4, -0.2) is 22.1 Å². The van der Waals surface area contributed by atoms with Crippen molar-refractivity contribution in [3.05, 3.63) is 64.1 Å². The molecule has 2 heterocycles. The summed E-state index contributed by atoms with van der Waals surface area (Å²) in [6.45, 7) is 0. The van der Waals surface area contributed by atoms with Gasteiger partial charge in [-0.25, -0.2) is 9.37 Å². The predicted octanol–water partition coefficient (Wildman–Crippen LogP) is 6.34. The summed E-state index contributed by atoms with van der Waals surface area (Å²) in [5.41, 5.74) is 1.07. The Bertz CT molecular complexity index is 1090. The molecule has 1 aliphatic rings. The number of imidazole rings is 1. The third kappa shape index (κ3) is 4.54. The highest BCUT2D eigenvalue weighted by Gasteiger charge is 2.32. The van der Waals surface area contributed by atoms with E-state index >= 15 is 0 Å². The number of aromatic amines is 1. The van der Waals surface area contributed by atoms with Crippen molar-refractivity contribution in [1.29, 1.82) is 0 Å². The van der Waals surface area contributed by atoms with Gasteiger partial charge in [-0.2, -0.15) is 13.2 Å². The zero-order valence-corrected chi connectivity index (χ0v) is 17.4. The van der Waals surface area contributed by atoms with Crippen molar-refractivity contribution in [2.45, 2.75) is 44.2 Å². The van der Waals surface area contributed by atoms with E-state index in [-0.39, 0.29) is 12.1 Å². The summed E-state index contributed by atoms with van der Waals surface area (Å²) in [5.74, 6) is 0.892. The van der Waals surface area contributed by atoms with E-state index < -0.39 is 17.6 Å². The normalized spacial score (nSPS) is 14.5. The van der Waals surface area contributed by atoms with E-state index in [2.05, 4.69) is 15.0 Å². The molecule has 0 unspecified atom stereocenters. The number of aromatic nitrogens is 3. The molecule has 0 atom stereocenters. The van der Waals surface area contributed by atoms with Crippen molar-refractivity contribution < 1.29 is 22.3 Å². The largest absolute Gasteiger partial charge is 0.496 e. The number of halogens is 5. The first-order chi connectivity index (χ1) is 14.8. The van der Waals surface area contributed by atoms with Crippen LogP contribution in [0.2, 0.25) is 5.15 Å². The maximum absolute atomic E-state index is 14.1. The Morgan fingerprint density at radius 2 is 1.97 bits per heavy atom. The molecule has 1 saturated carbocycles. The molecule has 2 aromatic heterocycles. The third-order valence-corrected chi connectivity index (χ3v) is 5.88. The molecule has 164 valence electrons. The Hall–Kier alpha value is -2.61. The number of nitrogens with one attached hydrogen (secondary N) is 1. The van der Waals surface area contributed by atoms with E-state index in [4.69, 9.17) is 16.3 Å². The highest BCUT2D eigenvalue weighted by atomic mass is 35.5. The molecule has 0 bridgehead atoms. The van der Waals surface area contributed by atoms with Gasteiger partial charge in [-0.05, 0) is 43.4 Å². The molecule has 4 rings (SSSR count). The summed E-state index contributed by atoms with van der Waals surface area (Å²) in [6.07, 6.45) is -0.111. The minimum absolute atomic E-state index is 0.0281. The maximum atomic E-state index is 14.1. The molecule has 0 radical (unpaired) electrons. The number of hydrogen-bond acceptors (Lipinski definition) is 3. The molecule has 3 aromatic rings. The van der Waals surface area contributed by atoms with Crippen LogP contribution in [0.15, 0.2) is 30.5 Å². The molecule has 1 aliphatic carbocycles. The summed E-state index contributed by atoms with van der Waals surface area (Å²) >= 11 is 6.35. The second-order valence-corrected chi connectivity index (χ2v) is 7.97. The Morgan fingerprint density at radius 3 is 2.58 bits per heavy atom. The fourth-order valence-corrected chi connectivity index (χ4v) is 3.84. The van der Waals surface area contributed by atoms with Crippen molar-refractivity contribution in [3.8, 4) is 17.0 Å². The predicted molar refractivity (Wildman–Crippen MR) is 109 cm³/mol. The number of benzene rings is 1. The van der Waals surface area contributed by atoms with Crippen LogP contribution in [0, 0.1) is 5.82 Å². The molecule has 1 aromatic carbocycles. The van der Waals surface area contributed by atoms with Crippen LogP contribution in [0.5, 0.6) is 5.75 Å². The van der Waals surface area contributed by atoms with E-state index in [0.29, 0.717) is 41.2 Å². The van der Waals surface area contributed by atoms with E-state index in [1.54, 1.807) is 6.07 Å². The fraction of sp³-hybridized carbons (Fsp3) is 0.364. The smallest absolute Gasteiger partial charge is 0.417 e. The number of nitrogens with zero attached hydrogens (tertiary/aromatic N) is 2. The van der Waals surface area contributed by atoms with E-state index in [1.165, 1.54) is 13.5 Å². The first kappa shape index (κ1) is 21.6. The van der Waals surface area contributed by atoms with Gasteiger partial charge in [-0.3, -0.25) is 4.98 Å². The molecule has 0 saturated heterocycles. The fourth-order valence-electron chi connectivity index (χ4n) is 3.59. The van der Waals surface area contributed by atoms with Gasteiger partial charge in [-0.1, -0.05) is 30.2 Å². The van der Waals surface area contributed by atoms with Crippen molar-refractivity contribution in [2.24, 2.45) is 0 Å². The first-order valence-corrected chi connectivity index (χ1v) is 10.3. The molecular formula is C22H20ClF4N3O. The van der Waals surface area contributed by atoms with Gasteiger partial charge >= 0.3 is 6.18 Å². The lowest BCUT2D eigenvalue weighted by Gasteiger charge is -2.22. The van der Waals surface area contributed by atoms with Gasteiger partial charge in [0.2, 0.25) is 0 Å². The highest BCUT2D eigenvalue weighted by Crippen LogP contribution is 2.38. The number of ether oxygens (including phenoxy) is 1. The first-order valence-electron chi connectivity index (χ1n) is 9.90. The Balaban J connectivity index is 1.52. The number of alkyl halides is 3. The molecule has 0 amide bonds. The van der Waals surface area contributed by atoms with Crippen molar-refractivity contribution in [2.75, 3.05) is 7.11 Å². The number of rotatable bonds is 6. The molecule has 4 nitrogen and oxygen atoms in total. The maximum Gasteiger partial charge on any atom is 0.417 e. The van der Waals surface area contributed by atoms with Gasteiger partial charge in [-0.15, -0.1) is 0 Å². The van der Waals surface area contributed by atoms with Crippen molar-refractivity contribution >= 4 is 11.6 Å². The molecule has 31 heavy (non-hydrogen) atoms. The van der Waals surface area contributed by atoms with Gasteiger partial charge in [0.05, 0.1) is 18.4 Å². The lowest BCUT2D eigenvalue weighted by atomic mass is 9.85. The summed E-state index contributed by atoms with van der Waals surface area (Å²) in [7, 11) is 1.52. The molecule has 1 N–H and O–H groups in total. The Labute approximate surface area is 181 Å².